The van der Waals surface area contributed by atoms with Crippen LogP contribution < -0.4 is 24.8 Å². The number of hydrogen-bond acceptors (Lipinski definition) is 5. The zero-order valence-electron chi connectivity index (χ0n) is 12.6. The van der Waals surface area contributed by atoms with E-state index in [-0.39, 0.29) is 18.7 Å². The Morgan fingerprint density at radius 2 is 2.00 bits per heavy atom. The van der Waals surface area contributed by atoms with Gasteiger partial charge < -0.3 is 24.8 Å². The van der Waals surface area contributed by atoms with Gasteiger partial charge in [0.1, 0.15) is 11.8 Å². The standard InChI is InChI=1S/C17H16N2O4/c1-21-12-4-2-3-11(8-12)19-16(15(18)17(19)20)10-5-6-13-14(7-10)23-9-22-13/h2-8,15-16H,9,18H2,1H3. The van der Waals surface area contributed by atoms with Crippen molar-refractivity contribution in [3.63, 3.8) is 0 Å². The summed E-state index contributed by atoms with van der Waals surface area (Å²) in [7, 11) is 1.60. The summed E-state index contributed by atoms with van der Waals surface area (Å²) >= 11 is 0. The summed E-state index contributed by atoms with van der Waals surface area (Å²) < 4.78 is 16.0. The van der Waals surface area contributed by atoms with Gasteiger partial charge in [-0.15, -0.1) is 0 Å². The van der Waals surface area contributed by atoms with Crippen LogP contribution in [0.25, 0.3) is 0 Å². The smallest absolute Gasteiger partial charge is 0.247 e. The molecule has 1 fully saturated rings. The van der Waals surface area contributed by atoms with Crippen molar-refractivity contribution in [1.29, 1.82) is 0 Å². The third-order valence-electron chi connectivity index (χ3n) is 4.21. The highest BCUT2D eigenvalue weighted by molar-refractivity contribution is 6.05. The van der Waals surface area contributed by atoms with Crippen LogP contribution in [0.15, 0.2) is 42.5 Å². The van der Waals surface area contributed by atoms with E-state index in [4.69, 9.17) is 19.9 Å². The monoisotopic (exact) mass is 312 g/mol. The van der Waals surface area contributed by atoms with Gasteiger partial charge in [-0.1, -0.05) is 12.1 Å². The van der Waals surface area contributed by atoms with Gasteiger partial charge in [0.05, 0.1) is 13.2 Å². The minimum atomic E-state index is -0.568. The zero-order chi connectivity index (χ0) is 16.0. The number of fused-ring (bicyclic) bond motifs is 1. The molecule has 1 saturated heterocycles. The van der Waals surface area contributed by atoms with Crippen molar-refractivity contribution in [3.05, 3.63) is 48.0 Å². The molecule has 0 spiro atoms. The maximum absolute atomic E-state index is 12.3. The van der Waals surface area contributed by atoms with Crippen molar-refractivity contribution < 1.29 is 19.0 Å². The van der Waals surface area contributed by atoms with Crippen LogP contribution in [0.4, 0.5) is 5.69 Å². The molecule has 0 aliphatic carbocycles. The van der Waals surface area contributed by atoms with Gasteiger partial charge in [-0.3, -0.25) is 4.79 Å². The maximum Gasteiger partial charge on any atom is 0.247 e. The van der Waals surface area contributed by atoms with Crippen molar-refractivity contribution >= 4 is 11.6 Å². The SMILES string of the molecule is COc1cccc(N2C(=O)C(N)C2c2ccc3c(c2)OCO3)c1. The predicted octanol–water partition coefficient (Wildman–Crippen LogP) is 1.84. The van der Waals surface area contributed by atoms with E-state index >= 15 is 0 Å². The molecular weight excluding hydrogens is 296 g/mol. The van der Waals surface area contributed by atoms with E-state index in [1.807, 2.05) is 42.5 Å². The molecule has 2 unspecified atom stereocenters. The second-order valence-electron chi connectivity index (χ2n) is 5.49. The molecule has 2 aliphatic rings. The molecule has 2 aromatic rings. The van der Waals surface area contributed by atoms with Crippen molar-refractivity contribution in [2.75, 3.05) is 18.8 Å². The van der Waals surface area contributed by atoms with Crippen molar-refractivity contribution in [3.8, 4) is 17.2 Å². The number of nitrogens with two attached hydrogens (primary N) is 1. The first-order valence-electron chi connectivity index (χ1n) is 7.31. The Morgan fingerprint density at radius 3 is 2.83 bits per heavy atom. The van der Waals surface area contributed by atoms with Crippen LogP contribution in [-0.4, -0.2) is 25.9 Å². The van der Waals surface area contributed by atoms with Crippen molar-refractivity contribution in [2.45, 2.75) is 12.1 Å². The molecule has 2 atom stereocenters. The van der Waals surface area contributed by atoms with Gasteiger partial charge >= 0.3 is 0 Å². The van der Waals surface area contributed by atoms with Crippen LogP contribution in [0.1, 0.15) is 11.6 Å². The lowest BCUT2D eigenvalue weighted by atomic mass is 9.88. The molecule has 23 heavy (non-hydrogen) atoms. The fraction of sp³-hybridized carbons (Fsp3) is 0.235. The normalized spacial score (nSPS) is 22.0. The molecule has 2 aliphatic heterocycles. The minimum Gasteiger partial charge on any atom is -0.497 e. The zero-order valence-corrected chi connectivity index (χ0v) is 12.6. The summed E-state index contributed by atoms with van der Waals surface area (Å²) in [6, 6.07) is 12.2. The number of rotatable bonds is 3. The highest BCUT2D eigenvalue weighted by atomic mass is 16.7. The molecule has 2 N–H and O–H groups in total. The lowest BCUT2D eigenvalue weighted by Crippen LogP contribution is -2.63. The largest absolute Gasteiger partial charge is 0.497 e. The van der Waals surface area contributed by atoms with Gasteiger partial charge in [0.15, 0.2) is 11.5 Å². The molecule has 118 valence electrons. The Bertz CT molecular complexity index is 777. The second-order valence-corrected chi connectivity index (χ2v) is 5.49. The quantitative estimate of drug-likeness (QED) is 0.875. The predicted molar refractivity (Wildman–Crippen MR) is 83.8 cm³/mol. The van der Waals surface area contributed by atoms with Crippen LogP contribution in [0.2, 0.25) is 0 Å². The number of methoxy groups -OCH3 is 1. The number of carbonyl (C=O) groups is 1. The number of nitrogens with zero attached hydrogens (tertiary/aromatic N) is 1. The van der Waals surface area contributed by atoms with Gasteiger partial charge in [-0.2, -0.15) is 0 Å². The Balaban J connectivity index is 1.70. The van der Waals surface area contributed by atoms with E-state index in [0.29, 0.717) is 17.2 Å². The average Bonchev–Trinajstić information content (AvgIpc) is 3.06. The number of hydrogen-bond donors (Lipinski definition) is 1. The Hall–Kier alpha value is -2.73. The summed E-state index contributed by atoms with van der Waals surface area (Å²) in [5, 5.41) is 0. The maximum atomic E-state index is 12.3. The van der Waals surface area contributed by atoms with E-state index in [1.165, 1.54) is 0 Å². The third-order valence-corrected chi connectivity index (χ3v) is 4.21. The molecular formula is C17H16N2O4. The Labute approximate surface area is 133 Å². The summed E-state index contributed by atoms with van der Waals surface area (Å²) in [6.07, 6.45) is 0. The fourth-order valence-corrected chi connectivity index (χ4v) is 3.01. The van der Waals surface area contributed by atoms with E-state index in [2.05, 4.69) is 0 Å². The van der Waals surface area contributed by atoms with E-state index < -0.39 is 6.04 Å². The fourth-order valence-electron chi connectivity index (χ4n) is 3.01. The molecule has 0 saturated carbocycles. The highest BCUT2D eigenvalue weighted by Crippen LogP contribution is 2.42. The Kier molecular flexibility index (Phi) is 3.12. The number of amides is 1. The van der Waals surface area contributed by atoms with Gasteiger partial charge in [0.2, 0.25) is 12.7 Å². The summed E-state index contributed by atoms with van der Waals surface area (Å²) in [4.78, 5) is 14.0. The second kappa shape index (κ2) is 5.17. The molecule has 0 aromatic heterocycles. The molecule has 1 amide bonds. The summed E-state index contributed by atoms with van der Waals surface area (Å²) in [5.41, 5.74) is 7.73. The lowest BCUT2D eigenvalue weighted by Gasteiger charge is -2.45. The van der Waals surface area contributed by atoms with Crippen LogP contribution in [0, 0.1) is 0 Å². The molecule has 0 bridgehead atoms. The van der Waals surface area contributed by atoms with E-state index in [1.54, 1.807) is 12.0 Å². The van der Waals surface area contributed by atoms with Gasteiger partial charge in [0.25, 0.3) is 0 Å². The molecule has 6 heteroatoms. The first-order chi connectivity index (χ1) is 11.2. The topological polar surface area (TPSA) is 74.0 Å². The van der Waals surface area contributed by atoms with Gasteiger partial charge in [0, 0.05) is 11.8 Å². The van der Waals surface area contributed by atoms with Crippen LogP contribution in [0.3, 0.4) is 0 Å². The van der Waals surface area contributed by atoms with Gasteiger partial charge in [-0.05, 0) is 29.8 Å². The molecule has 0 radical (unpaired) electrons. The molecule has 2 aromatic carbocycles. The van der Waals surface area contributed by atoms with E-state index in [9.17, 15) is 4.79 Å². The summed E-state index contributed by atoms with van der Waals surface area (Å²) in [6.45, 7) is 0.216. The first-order valence-corrected chi connectivity index (χ1v) is 7.31. The molecule has 6 nitrogen and oxygen atoms in total. The van der Waals surface area contributed by atoms with Crippen molar-refractivity contribution in [2.24, 2.45) is 5.73 Å². The third kappa shape index (κ3) is 2.10. The summed E-state index contributed by atoms with van der Waals surface area (Å²) in [5.74, 6) is 1.97. The molecule has 4 rings (SSSR count). The van der Waals surface area contributed by atoms with Crippen LogP contribution >= 0.6 is 0 Å². The minimum absolute atomic E-state index is 0.110. The number of anilines is 1. The number of ether oxygens (including phenoxy) is 3. The number of benzene rings is 2. The highest BCUT2D eigenvalue weighted by Gasteiger charge is 2.47. The first kappa shape index (κ1) is 13.9. The van der Waals surface area contributed by atoms with Crippen LogP contribution in [-0.2, 0) is 4.79 Å². The van der Waals surface area contributed by atoms with Gasteiger partial charge in [-0.25, -0.2) is 0 Å². The van der Waals surface area contributed by atoms with Crippen molar-refractivity contribution in [1.82, 2.24) is 0 Å². The lowest BCUT2D eigenvalue weighted by molar-refractivity contribution is -0.126. The number of carbonyl (C=O) groups excluding carboxylic acids is 1. The molecule has 2 heterocycles. The average molecular weight is 312 g/mol. The van der Waals surface area contributed by atoms with E-state index in [0.717, 1.165) is 11.3 Å². The number of β-lactam (4-membered cyclic amide) rings is 1. The van der Waals surface area contributed by atoms with Crippen LogP contribution in [0.5, 0.6) is 17.2 Å². The Morgan fingerprint density at radius 1 is 1.17 bits per heavy atom.